The fourth-order valence-corrected chi connectivity index (χ4v) is 1.97. The van der Waals surface area contributed by atoms with Crippen molar-refractivity contribution in [3.63, 3.8) is 0 Å². The van der Waals surface area contributed by atoms with Gasteiger partial charge in [-0.15, -0.1) is 0 Å². The molecule has 1 aromatic rings. The van der Waals surface area contributed by atoms with Crippen molar-refractivity contribution in [3.05, 3.63) is 35.4 Å². The zero-order valence-corrected chi connectivity index (χ0v) is 9.93. The number of nitrogens with one attached hydrogen (secondary N) is 1. The molecule has 1 fully saturated rings. The van der Waals surface area contributed by atoms with Gasteiger partial charge in [-0.2, -0.15) is 0 Å². The van der Waals surface area contributed by atoms with E-state index in [1.165, 1.54) is 5.56 Å². The average Bonchev–Trinajstić information content (AvgIpc) is 2.99. The Balaban J connectivity index is 1.84. The van der Waals surface area contributed by atoms with Gasteiger partial charge in [-0.1, -0.05) is 24.3 Å². The van der Waals surface area contributed by atoms with E-state index >= 15 is 0 Å². The van der Waals surface area contributed by atoms with Gasteiger partial charge in [-0.3, -0.25) is 0 Å². The van der Waals surface area contributed by atoms with E-state index in [2.05, 4.69) is 29.6 Å². The molecule has 0 radical (unpaired) electrons. The summed E-state index contributed by atoms with van der Waals surface area (Å²) in [4.78, 5) is 0. The van der Waals surface area contributed by atoms with Crippen molar-refractivity contribution in [2.45, 2.75) is 37.8 Å². The Morgan fingerprint density at radius 3 is 2.38 bits per heavy atom. The minimum atomic E-state index is -0.867. The van der Waals surface area contributed by atoms with E-state index in [0.29, 0.717) is 6.42 Å². The SMILES string of the molecule is CNCCCc1ccc(CC2(F)CC2)cc1. The standard InChI is InChI=1S/C14H20FN/c1-16-10-2-3-12-4-6-13(7-5-12)11-14(15)8-9-14/h4-7,16H,2-3,8-11H2,1H3. The van der Waals surface area contributed by atoms with Crippen molar-refractivity contribution in [2.75, 3.05) is 13.6 Å². The van der Waals surface area contributed by atoms with Crippen LogP contribution in [0.25, 0.3) is 0 Å². The second-order valence-corrected chi connectivity index (χ2v) is 4.85. The van der Waals surface area contributed by atoms with E-state index < -0.39 is 5.67 Å². The molecule has 1 aliphatic carbocycles. The lowest BCUT2D eigenvalue weighted by atomic mass is 10.0. The molecule has 16 heavy (non-hydrogen) atoms. The van der Waals surface area contributed by atoms with Crippen LogP contribution in [0.1, 0.15) is 30.4 Å². The predicted octanol–water partition coefficient (Wildman–Crippen LogP) is 2.88. The van der Waals surface area contributed by atoms with Crippen LogP contribution in [0.2, 0.25) is 0 Å². The summed E-state index contributed by atoms with van der Waals surface area (Å²) in [7, 11) is 1.97. The summed E-state index contributed by atoms with van der Waals surface area (Å²) in [6, 6.07) is 8.43. The number of aryl methyl sites for hydroxylation is 1. The lowest BCUT2D eigenvalue weighted by Gasteiger charge is -2.06. The number of alkyl halides is 1. The van der Waals surface area contributed by atoms with E-state index in [9.17, 15) is 4.39 Å². The summed E-state index contributed by atoms with van der Waals surface area (Å²) in [6.07, 6.45) is 4.35. The zero-order valence-electron chi connectivity index (χ0n) is 9.93. The molecule has 88 valence electrons. The predicted molar refractivity (Wildman–Crippen MR) is 65.5 cm³/mol. The van der Waals surface area contributed by atoms with Crippen LogP contribution in [0, 0.1) is 0 Å². The molecule has 0 aliphatic heterocycles. The van der Waals surface area contributed by atoms with Gasteiger partial charge >= 0.3 is 0 Å². The highest BCUT2D eigenvalue weighted by atomic mass is 19.1. The van der Waals surface area contributed by atoms with Gasteiger partial charge in [-0.25, -0.2) is 4.39 Å². The van der Waals surface area contributed by atoms with Gasteiger partial charge in [0.15, 0.2) is 0 Å². The molecule has 0 heterocycles. The zero-order chi connectivity index (χ0) is 11.4. The van der Waals surface area contributed by atoms with Crippen LogP contribution in [0.4, 0.5) is 4.39 Å². The maximum Gasteiger partial charge on any atom is 0.115 e. The molecule has 1 aliphatic rings. The number of hydrogen-bond donors (Lipinski definition) is 1. The molecule has 1 aromatic carbocycles. The molecule has 1 nitrogen and oxygen atoms in total. The van der Waals surface area contributed by atoms with Gasteiger partial charge < -0.3 is 5.32 Å². The molecule has 1 N–H and O–H groups in total. The van der Waals surface area contributed by atoms with Crippen LogP contribution in [0.15, 0.2) is 24.3 Å². The third-order valence-electron chi connectivity index (χ3n) is 3.23. The Morgan fingerprint density at radius 2 is 1.81 bits per heavy atom. The minimum Gasteiger partial charge on any atom is -0.320 e. The third-order valence-corrected chi connectivity index (χ3v) is 3.23. The summed E-state index contributed by atoms with van der Waals surface area (Å²) in [6.45, 7) is 1.05. The monoisotopic (exact) mass is 221 g/mol. The number of halogens is 1. The van der Waals surface area contributed by atoms with Crippen molar-refractivity contribution < 1.29 is 4.39 Å². The van der Waals surface area contributed by atoms with E-state index in [1.54, 1.807) is 0 Å². The van der Waals surface area contributed by atoms with Crippen LogP contribution in [-0.4, -0.2) is 19.3 Å². The second-order valence-electron chi connectivity index (χ2n) is 4.85. The molecule has 0 amide bonds. The van der Waals surface area contributed by atoms with Gasteiger partial charge in [0.25, 0.3) is 0 Å². The molecule has 0 atom stereocenters. The van der Waals surface area contributed by atoms with Crippen molar-refractivity contribution in [1.82, 2.24) is 5.32 Å². The summed E-state index contributed by atoms with van der Waals surface area (Å²) in [5.41, 5.74) is 1.62. The van der Waals surface area contributed by atoms with Crippen molar-refractivity contribution in [1.29, 1.82) is 0 Å². The second kappa shape index (κ2) is 4.96. The van der Waals surface area contributed by atoms with Gasteiger partial charge in [0.05, 0.1) is 0 Å². The molecule has 1 saturated carbocycles. The Hall–Kier alpha value is -0.890. The fraction of sp³-hybridized carbons (Fsp3) is 0.571. The largest absolute Gasteiger partial charge is 0.320 e. The molecular weight excluding hydrogens is 201 g/mol. The first kappa shape index (κ1) is 11.6. The number of benzene rings is 1. The topological polar surface area (TPSA) is 12.0 Å². The molecule has 0 spiro atoms. The Kier molecular flexibility index (Phi) is 3.59. The van der Waals surface area contributed by atoms with Crippen LogP contribution >= 0.6 is 0 Å². The first-order chi connectivity index (χ1) is 7.72. The molecular formula is C14H20FN. The quantitative estimate of drug-likeness (QED) is 0.728. The van der Waals surface area contributed by atoms with E-state index in [1.807, 2.05) is 7.05 Å². The molecule has 0 bridgehead atoms. The summed E-state index contributed by atoms with van der Waals surface area (Å²) in [5, 5.41) is 3.14. The van der Waals surface area contributed by atoms with Crippen LogP contribution in [0.5, 0.6) is 0 Å². The van der Waals surface area contributed by atoms with Crippen LogP contribution < -0.4 is 5.32 Å². The normalized spacial score (nSPS) is 17.4. The first-order valence-corrected chi connectivity index (χ1v) is 6.13. The van der Waals surface area contributed by atoms with Crippen molar-refractivity contribution in [3.8, 4) is 0 Å². The van der Waals surface area contributed by atoms with Gasteiger partial charge in [-0.05, 0) is 50.4 Å². The van der Waals surface area contributed by atoms with Crippen molar-refractivity contribution in [2.24, 2.45) is 0 Å². The highest BCUT2D eigenvalue weighted by molar-refractivity contribution is 5.25. The molecule has 0 aromatic heterocycles. The van der Waals surface area contributed by atoms with Gasteiger partial charge in [0.2, 0.25) is 0 Å². The summed E-state index contributed by atoms with van der Waals surface area (Å²) < 4.78 is 13.5. The highest BCUT2D eigenvalue weighted by Crippen LogP contribution is 2.42. The summed E-state index contributed by atoms with van der Waals surface area (Å²) in [5.74, 6) is 0. The highest BCUT2D eigenvalue weighted by Gasteiger charge is 2.42. The lowest BCUT2D eigenvalue weighted by Crippen LogP contribution is -2.08. The fourth-order valence-electron chi connectivity index (χ4n) is 1.97. The average molecular weight is 221 g/mol. The third kappa shape index (κ3) is 3.31. The molecule has 0 unspecified atom stereocenters. The smallest absolute Gasteiger partial charge is 0.115 e. The molecule has 2 rings (SSSR count). The minimum absolute atomic E-state index is 0.601. The summed E-state index contributed by atoms with van der Waals surface area (Å²) >= 11 is 0. The first-order valence-electron chi connectivity index (χ1n) is 6.13. The molecule has 2 heteroatoms. The number of hydrogen-bond acceptors (Lipinski definition) is 1. The Labute approximate surface area is 97.1 Å². The maximum atomic E-state index is 13.5. The number of rotatable bonds is 6. The van der Waals surface area contributed by atoms with E-state index in [-0.39, 0.29) is 0 Å². The van der Waals surface area contributed by atoms with E-state index in [0.717, 1.165) is 37.8 Å². The van der Waals surface area contributed by atoms with Gasteiger partial charge in [0.1, 0.15) is 5.67 Å². The lowest BCUT2D eigenvalue weighted by molar-refractivity contribution is 0.308. The van der Waals surface area contributed by atoms with Crippen molar-refractivity contribution >= 4 is 0 Å². The van der Waals surface area contributed by atoms with E-state index in [4.69, 9.17) is 0 Å². The Bertz CT molecular complexity index is 327. The maximum absolute atomic E-state index is 13.5. The molecule has 0 saturated heterocycles. The Morgan fingerprint density at radius 1 is 1.19 bits per heavy atom. The van der Waals surface area contributed by atoms with Crippen LogP contribution in [-0.2, 0) is 12.8 Å². The van der Waals surface area contributed by atoms with Gasteiger partial charge in [0, 0.05) is 6.42 Å². The van der Waals surface area contributed by atoms with Crippen LogP contribution in [0.3, 0.4) is 0 Å².